The molecule has 1 aromatic rings. The monoisotopic (exact) mass is 340 g/mol. The van der Waals surface area contributed by atoms with Crippen molar-refractivity contribution in [3.05, 3.63) is 33.8 Å². The summed E-state index contributed by atoms with van der Waals surface area (Å²) in [5, 5.41) is 2.72. The molecule has 0 aliphatic carbocycles. The zero-order valence-electron chi connectivity index (χ0n) is 13.8. The van der Waals surface area contributed by atoms with Crippen molar-refractivity contribution in [1.82, 2.24) is 5.32 Å². The smallest absolute Gasteiger partial charge is 0.338 e. The predicted octanol–water partition coefficient (Wildman–Crippen LogP) is 2.06. The van der Waals surface area contributed by atoms with Crippen LogP contribution in [0.4, 0.5) is 0 Å². The molecule has 0 saturated heterocycles. The van der Waals surface area contributed by atoms with Crippen molar-refractivity contribution < 1.29 is 19.1 Å². The van der Waals surface area contributed by atoms with E-state index in [0.717, 1.165) is 0 Å². The molecule has 1 rings (SSSR count). The van der Waals surface area contributed by atoms with E-state index >= 15 is 0 Å². The van der Waals surface area contributed by atoms with Crippen molar-refractivity contribution in [2.75, 3.05) is 7.11 Å². The number of esters is 1. The number of nitrogens with two attached hydrogens (primary N) is 1. The molecule has 1 aromatic carbocycles. The number of benzene rings is 1. The Morgan fingerprint density at radius 2 is 1.87 bits per heavy atom. The summed E-state index contributed by atoms with van der Waals surface area (Å²) in [6, 6.07) is 3.07. The molecule has 6 nitrogen and oxygen atoms in total. The van der Waals surface area contributed by atoms with Gasteiger partial charge in [-0.25, -0.2) is 4.79 Å². The van der Waals surface area contributed by atoms with Gasteiger partial charge in [0.2, 0.25) is 5.91 Å². The zero-order chi connectivity index (χ0) is 17.9. The number of primary amides is 1. The zero-order valence-corrected chi connectivity index (χ0v) is 14.6. The Bertz CT molecular complexity index is 658. The molecule has 0 spiro atoms. The molecule has 0 heterocycles. The van der Waals surface area contributed by atoms with Gasteiger partial charge in [0.25, 0.3) is 5.91 Å². The summed E-state index contributed by atoms with van der Waals surface area (Å²) in [6.45, 7) is 6.74. The highest BCUT2D eigenvalue weighted by Crippen LogP contribution is 2.26. The lowest BCUT2D eigenvalue weighted by molar-refractivity contribution is -0.125. The minimum atomic E-state index is -1.28. The van der Waals surface area contributed by atoms with Crippen LogP contribution in [0.25, 0.3) is 0 Å². The van der Waals surface area contributed by atoms with Crippen molar-refractivity contribution in [1.29, 1.82) is 0 Å². The molecule has 1 atom stereocenters. The summed E-state index contributed by atoms with van der Waals surface area (Å²) < 4.78 is 4.68. The molecule has 2 amide bonds. The Morgan fingerprint density at radius 1 is 1.30 bits per heavy atom. The fourth-order valence-electron chi connectivity index (χ4n) is 1.97. The van der Waals surface area contributed by atoms with Crippen LogP contribution < -0.4 is 11.1 Å². The van der Waals surface area contributed by atoms with Crippen LogP contribution >= 0.6 is 11.6 Å². The lowest BCUT2D eigenvalue weighted by Crippen LogP contribution is -2.58. The number of ether oxygens (including phenoxy) is 1. The number of nitrogens with one attached hydrogen (secondary N) is 1. The van der Waals surface area contributed by atoms with E-state index in [-0.39, 0.29) is 22.1 Å². The van der Waals surface area contributed by atoms with Crippen LogP contribution in [-0.2, 0) is 9.53 Å². The molecule has 0 aliphatic heterocycles. The molecule has 0 aliphatic rings. The van der Waals surface area contributed by atoms with Gasteiger partial charge in [0, 0.05) is 0 Å². The van der Waals surface area contributed by atoms with Gasteiger partial charge in [-0.2, -0.15) is 0 Å². The lowest BCUT2D eigenvalue weighted by Gasteiger charge is -2.31. The molecule has 0 radical (unpaired) electrons. The average Bonchev–Trinajstić information content (AvgIpc) is 2.48. The summed E-state index contributed by atoms with van der Waals surface area (Å²) in [5.74, 6) is -2.28. The third-order valence-electron chi connectivity index (χ3n) is 4.01. The first-order valence-corrected chi connectivity index (χ1v) is 7.43. The Morgan fingerprint density at radius 3 is 2.30 bits per heavy atom. The number of carbonyl (C=O) groups is 3. The first-order chi connectivity index (χ1) is 10.6. The molecule has 1 unspecified atom stereocenters. The largest absolute Gasteiger partial charge is 0.465 e. The van der Waals surface area contributed by atoms with Crippen molar-refractivity contribution in [2.45, 2.75) is 33.2 Å². The van der Waals surface area contributed by atoms with Gasteiger partial charge < -0.3 is 15.8 Å². The minimum absolute atomic E-state index is 0.0242. The van der Waals surface area contributed by atoms with E-state index in [1.807, 2.05) is 0 Å². The van der Waals surface area contributed by atoms with Crippen molar-refractivity contribution in [2.24, 2.45) is 11.7 Å². The predicted molar refractivity (Wildman–Crippen MR) is 87.4 cm³/mol. The Labute approximate surface area is 140 Å². The standard InChI is InChI=1S/C16H21ClN2O4/c1-8(2)16(4,15(18)22)19-13(20)11-10(14(21)23-5)7-6-9(3)12(11)17/h6-8H,1-5H3,(H2,18,22)(H,19,20). The van der Waals surface area contributed by atoms with E-state index in [2.05, 4.69) is 10.1 Å². The molecule has 0 saturated carbocycles. The van der Waals surface area contributed by atoms with Gasteiger partial charge in [0.15, 0.2) is 0 Å². The summed E-state index contributed by atoms with van der Waals surface area (Å²) in [4.78, 5) is 36.3. The molecule has 126 valence electrons. The van der Waals surface area contributed by atoms with Gasteiger partial charge in [-0.3, -0.25) is 9.59 Å². The maximum absolute atomic E-state index is 12.7. The Balaban J connectivity index is 3.40. The summed E-state index contributed by atoms with van der Waals surface area (Å²) in [5.41, 5.74) is 4.74. The van der Waals surface area contributed by atoms with Gasteiger partial charge >= 0.3 is 5.97 Å². The second kappa shape index (κ2) is 7.00. The molecule has 0 bridgehead atoms. The normalized spacial score (nSPS) is 13.3. The Hall–Kier alpha value is -2.08. The molecular formula is C16H21ClN2O4. The second-order valence-corrected chi connectivity index (χ2v) is 6.16. The van der Waals surface area contributed by atoms with E-state index in [0.29, 0.717) is 5.56 Å². The molecule has 3 N–H and O–H groups in total. The summed E-state index contributed by atoms with van der Waals surface area (Å²) in [6.07, 6.45) is 0. The van der Waals surface area contributed by atoms with Crippen LogP contribution in [0.1, 0.15) is 47.1 Å². The van der Waals surface area contributed by atoms with Crippen LogP contribution in [0.3, 0.4) is 0 Å². The minimum Gasteiger partial charge on any atom is -0.465 e. The quantitative estimate of drug-likeness (QED) is 0.801. The number of hydrogen-bond donors (Lipinski definition) is 2. The van der Waals surface area contributed by atoms with Crippen molar-refractivity contribution in [3.63, 3.8) is 0 Å². The third kappa shape index (κ3) is 3.64. The van der Waals surface area contributed by atoms with Gasteiger partial charge in [0.05, 0.1) is 23.3 Å². The van der Waals surface area contributed by atoms with E-state index in [4.69, 9.17) is 17.3 Å². The fourth-order valence-corrected chi connectivity index (χ4v) is 2.22. The molecule has 0 aromatic heterocycles. The SMILES string of the molecule is COC(=O)c1ccc(C)c(Cl)c1C(=O)NC(C)(C(N)=O)C(C)C. The number of amides is 2. The van der Waals surface area contributed by atoms with E-state index < -0.39 is 23.3 Å². The number of hydrogen-bond acceptors (Lipinski definition) is 4. The number of rotatable bonds is 5. The van der Waals surface area contributed by atoms with Crippen LogP contribution in [0.5, 0.6) is 0 Å². The van der Waals surface area contributed by atoms with Crippen molar-refractivity contribution in [3.8, 4) is 0 Å². The summed E-state index contributed by atoms with van der Waals surface area (Å²) >= 11 is 6.20. The number of aryl methyl sites for hydroxylation is 1. The third-order valence-corrected chi connectivity index (χ3v) is 4.49. The fraction of sp³-hybridized carbons (Fsp3) is 0.438. The first kappa shape index (κ1) is 19.0. The van der Waals surface area contributed by atoms with Crippen molar-refractivity contribution >= 4 is 29.4 Å². The topological polar surface area (TPSA) is 98.5 Å². The van der Waals surface area contributed by atoms with Gasteiger partial charge in [0.1, 0.15) is 5.54 Å². The van der Waals surface area contributed by atoms with E-state index in [1.165, 1.54) is 20.1 Å². The number of methoxy groups -OCH3 is 1. The average molecular weight is 341 g/mol. The highest BCUT2D eigenvalue weighted by Gasteiger charge is 2.37. The van der Waals surface area contributed by atoms with Gasteiger partial charge in [-0.1, -0.05) is 31.5 Å². The number of carbonyl (C=O) groups excluding carboxylic acids is 3. The molecule has 0 fully saturated rings. The lowest BCUT2D eigenvalue weighted by atomic mass is 9.87. The van der Waals surface area contributed by atoms with E-state index in [1.54, 1.807) is 26.8 Å². The highest BCUT2D eigenvalue weighted by molar-refractivity contribution is 6.35. The van der Waals surface area contributed by atoms with Crippen LogP contribution in [0.2, 0.25) is 5.02 Å². The van der Waals surface area contributed by atoms with Crippen LogP contribution in [0.15, 0.2) is 12.1 Å². The second-order valence-electron chi connectivity index (χ2n) is 5.79. The molecule has 23 heavy (non-hydrogen) atoms. The molecule has 7 heteroatoms. The summed E-state index contributed by atoms with van der Waals surface area (Å²) in [7, 11) is 1.21. The highest BCUT2D eigenvalue weighted by atomic mass is 35.5. The maximum Gasteiger partial charge on any atom is 0.338 e. The molecular weight excluding hydrogens is 320 g/mol. The first-order valence-electron chi connectivity index (χ1n) is 7.06. The maximum atomic E-state index is 12.7. The Kier molecular flexibility index (Phi) is 5.77. The van der Waals surface area contributed by atoms with Crippen LogP contribution in [0, 0.1) is 12.8 Å². The number of halogens is 1. The van der Waals surface area contributed by atoms with Gasteiger partial charge in [-0.15, -0.1) is 0 Å². The van der Waals surface area contributed by atoms with Gasteiger partial charge in [-0.05, 0) is 31.4 Å². The van der Waals surface area contributed by atoms with Crippen LogP contribution in [-0.4, -0.2) is 30.4 Å². The van der Waals surface area contributed by atoms with E-state index in [9.17, 15) is 14.4 Å².